The Morgan fingerprint density at radius 2 is 1.85 bits per heavy atom. The lowest BCUT2D eigenvalue weighted by molar-refractivity contribution is -0.165. The number of carbonyl (C=O) groups excluding carboxylic acids is 3. The summed E-state index contributed by atoms with van der Waals surface area (Å²) in [7, 11) is 0. The Kier molecular flexibility index (Phi) is 9.43. The van der Waals surface area contributed by atoms with Gasteiger partial charge in [-0.1, -0.05) is 33.8 Å². The molecule has 1 aliphatic carbocycles. The fourth-order valence-corrected chi connectivity index (χ4v) is 6.32. The molecule has 2 fully saturated rings. The Morgan fingerprint density at radius 3 is 2.50 bits per heavy atom. The molecular weight excluding hydrogens is 624 g/mol. The molecule has 5 rings (SSSR count). The second-order valence-corrected chi connectivity index (χ2v) is 14.9. The molecule has 2 amide bonds. The van der Waals surface area contributed by atoms with Gasteiger partial charge in [0, 0.05) is 5.92 Å². The molecule has 1 aromatic carbocycles. The average Bonchev–Trinajstić information content (AvgIpc) is 3.61. The number of alkyl halides is 2. The van der Waals surface area contributed by atoms with Crippen LogP contribution in [0.25, 0.3) is 11.0 Å². The average molecular weight is 668 g/mol. The molecule has 11 nitrogen and oxygen atoms in total. The Hall–Kier alpha value is -4.34. The molecule has 3 heterocycles. The molecule has 13 heteroatoms. The number of hydrogen-bond acceptors (Lipinski definition) is 9. The number of nitriles is 1. The van der Waals surface area contributed by atoms with E-state index in [-0.39, 0.29) is 29.1 Å². The summed E-state index contributed by atoms with van der Waals surface area (Å²) >= 11 is 0. The fraction of sp³-hybridized carbons (Fsp3) is 0.600. The van der Waals surface area contributed by atoms with Crippen molar-refractivity contribution in [2.75, 3.05) is 6.54 Å². The van der Waals surface area contributed by atoms with Crippen LogP contribution in [0.4, 0.5) is 13.6 Å². The molecule has 258 valence electrons. The van der Waals surface area contributed by atoms with E-state index in [1.807, 2.05) is 6.07 Å². The van der Waals surface area contributed by atoms with Gasteiger partial charge in [0.2, 0.25) is 11.8 Å². The second kappa shape index (κ2) is 12.9. The second-order valence-electron chi connectivity index (χ2n) is 14.9. The first-order valence-corrected chi connectivity index (χ1v) is 16.4. The third kappa shape index (κ3) is 7.53. The molecule has 1 N–H and O–H groups in total. The summed E-state index contributed by atoms with van der Waals surface area (Å²) in [6.07, 6.45) is 1.69. The van der Waals surface area contributed by atoms with Gasteiger partial charge in [-0.15, -0.1) is 0 Å². The first kappa shape index (κ1) is 35.0. The quantitative estimate of drug-likeness (QED) is 0.311. The molecule has 0 radical (unpaired) electrons. The first-order chi connectivity index (χ1) is 22.4. The zero-order valence-corrected chi connectivity index (χ0v) is 28.4. The van der Waals surface area contributed by atoms with Crippen molar-refractivity contribution >= 4 is 29.0 Å². The third-order valence-corrected chi connectivity index (χ3v) is 8.86. The number of hydrogen-bond donors (Lipinski definition) is 1. The molecule has 1 unspecified atom stereocenters. The van der Waals surface area contributed by atoms with Gasteiger partial charge >= 0.3 is 18.0 Å². The van der Waals surface area contributed by atoms with Crippen molar-refractivity contribution in [2.45, 2.75) is 110 Å². The van der Waals surface area contributed by atoms with Crippen LogP contribution in [0.1, 0.15) is 85.4 Å². The van der Waals surface area contributed by atoms with Gasteiger partial charge in [-0.05, 0) is 82.1 Å². The van der Waals surface area contributed by atoms with Crippen molar-refractivity contribution in [1.29, 1.82) is 5.26 Å². The zero-order valence-electron chi connectivity index (χ0n) is 28.4. The van der Waals surface area contributed by atoms with Crippen molar-refractivity contribution in [3.05, 3.63) is 41.6 Å². The number of benzene rings is 1. The SMILES string of the molecule is CC[C@@H]1[C@@H]2CN(C(=O)[C@H](C(C)(C)C)NC(=O)O[C@@H]3CC3CC/C=C/C(F)(F)c3nc4ccc(C#N)cc4nc3O2)[C@@H]1C(=O)OC(C)(C)C. The maximum absolute atomic E-state index is 16.0. The van der Waals surface area contributed by atoms with Crippen molar-refractivity contribution in [2.24, 2.45) is 17.3 Å². The molecule has 6 atom stereocenters. The molecule has 2 aliphatic heterocycles. The Morgan fingerprint density at radius 1 is 1.12 bits per heavy atom. The number of carbonyl (C=O) groups is 3. The van der Waals surface area contributed by atoms with Crippen LogP contribution in [0.3, 0.4) is 0 Å². The summed E-state index contributed by atoms with van der Waals surface area (Å²) in [5.74, 6) is -6.03. The van der Waals surface area contributed by atoms with Crippen LogP contribution in [0.5, 0.6) is 5.88 Å². The van der Waals surface area contributed by atoms with Crippen LogP contribution in [0.2, 0.25) is 0 Å². The van der Waals surface area contributed by atoms with Gasteiger partial charge in [-0.25, -0.2) is 19.6 Å². The largest absolute Gasteiger partial charge is 0.471 e. The lowest BCUT2D eigenvalue weighted by Crippen LogP contribution is -2.58. The number of aromatic nitrogens is 2. The number of esters is 1. The normalized spacial score (nSPS) is 28.4. The number of rotatable bonds is 2. The van der Waals surface area contributed by atoms with Gasteiger partial charge in [0.05, 0.1) is 29.2 Å². The summed E-state index contributed by atoms with van der Waals surface area (Å²) in [6, 6.07) is 4.10. The highest BCUT2D eigenvalue weighted by Gasteiger charge is 2.53. The van der Waals surface area contributed by atoms with Gasteiger partial charge in [0.1, 0.15) is 29.9 Å². The van der Waals surface area contributed by atoms with Crippen LogP contribution < -0.4 is 10.1 Å². The lowest BCUT2D eigenvalue weighted by atomic mass is 9.85. The minimum atomic E-state index is -3.60. The van der Waals surface area contributed by atoms with Crippen LogP contribution in [0, 0.1) is 28.6 Å². The van der Waals surface area contributed by atoms with E-state index in [4.69, 9.17) is 14.2 Å². The highest BCUT2D eigenvalue weighted by Crippen LogP contribution is 2.41. The van der Waals surface area contributed by atoms with Crippen LogP contribution in [0.15, 0.2) is 30.4 Å². The molecule has 1 saturated heterocycles. The highest BCUT2D eigenvalue weighted by molar-refractivity contribution is 5.91. The molecule has 1 aromatic heterocycles. The van der Waals surface area contributed by atoms with Gasteiger partial charge in [-0.3, -0.25) is 4.79 Å². The topological polar surface area (TPSA) is 144 Å². The van der Waals surface area contributed by atoms with Crippen LogP contribution in [-0.2, 0) is 25.0 Å². The minimum Gasteiger partial charge on any atom is -0.471 e. The summed E-state index contributed by atoms with van der Waals surface area (Å²) in [5, 5.41) is 12.2. The summed E-state index contributed by atoms with van der Waals surface area (Å²) in [4.78, 5) is 51.3. The minimum absolute atomic E-state index is 0.00780. The number of halogens is 2. The van der Waals surface area contributed by atoms with Crippen LogP contribution in [-0.4, -0.2) is 69.3 Å². The van der Waals surface area contributed by atoms with E-state index in [1.165, 1.54) is 29.2 Å². The Bertz CT molecular complexity index is 1660. The van der Waals surface area contributed by atoms with Crippen LogP contribution >= 0.6 is 0 Å². The maximum atomic E-state index is 16.0. The highest BCUT2D eigenvalue weighted by atomic mass is 19.3. The van der Waals surface area contributed by atoms with E-state index in [0.717, 1.165) is 6.08 Å². The Balaban J connectivity index is 1.64. The van der Waals surface area contributed by atoms with Crippen molar-refractivity contribution in [1.82, 2.24) is 20.2 Å². The number of fused-ring (bicyclic) bond motifs is 5. The number of nitrogens with one attached hydrogen (secondary N) is 1. The summed E-state index contributed by atoms with van der Waals surface area (Å²) in [6.45, 7) is 12.1. The van der Waals surface area contributed by atoms with Gasteiger partial charge < -0.3 is 24.4 Å². The summed E-state index contributed by atoms with van der Waals surface area (Å²) < 4.78 is 49.6. The summed E-state index contributed by atoms with van der Waals surface area (Å²) in [5.41, 5.74) is -1.84. The molecule has 48 heavy (non-hydrogen) atoms. The van der Waals surface area contributed by atoms with Gasteiger partial charge in [0.15, 0.2) is 5.69 Å². The Labute approximate surface area is 279 Å². The molecule has 2 aromatic rings. The predicted molar refractivity (Wildman–Crippen MR) is 171 cm³/mol. The fourth-order valence-electron chi connectivity index (χ4n) is 6.32. The number of nitrogens with zero attached hydrogens (tertiary/aromatic N) is 4. The van der Waals surface area contributed by atoms with Crippen molar-refractivity contribution in [3.8, 4) is 11.9 Å². The smallest absolute Gasteiger partial charge is 0.408 e. The van der Waals surface area contributed by atoms with E-state index < -0.39 is 76.7 Å². The molecule has 2 bridgehead atoms. The molecule has 0 spiro atoms. The number of ether oxygens (including phenoxy) is 3. The third-order valence-electron chi connectivity index (χ3n) is 8.86. The maximum Gasteiger partial charge on any atom is 0.408 e. The van der Waals surface area contributed by atoms with Gasteiger partial charge in [0.25, 0.3) is 0 Å². The van der Waals surface area contributed by atoms with Gasteiger partial charge in [-0.2, -0.15) is 14.0 Å². The van der Waals surface area contributed by atoms with E-state index >= 15 is 8.78 Å². The number of allylic oxidation sites excluding steroid dienone is 2. The predicted octanol–water partition coefficient (Wildman–Crippen LogP) is 5.80. The number of amides is 2. The first-order valence-electron chi connectivity index (χ1n) is 16.4. The lowest BCUT2D eigenvalue weighted by Gasteiger charge is -2.36. The van der Waals surface area contributed by atoms with Crippen molar-refractivity contribution in [3.63, 3.8) is 0 Å². The standard InChI is InChI=1S/C35H43F2N5O6/c1-8-21-25-18-42(26(21)31(44)48-34(5,6)7)30(43)28(33(2,3)4)41-32(45)47-24-16-20(24)11-9-10-14-35(36,37)27-29(46-25)40-23-15-19(17-38)12-13-22(23)39-27/h10,12-15,20-21,24-26,28H,8-9,11,16,18H2,1-7H3,(H,41,45)/b14-10+/t20?,21-,24-,25+,26+,28-/m1/s1. The zero-order chi connectivity index (χ0) is 35.2. The molecule has 1 saturated carbocycles. The van der Waals surface area contributed by atoms with Crippen molar-refractivity contribution < 1.29 is 37.4 Å². The van der Waals surface area contributed by atoms with E-state index in [0.29, 0.717) is 25.7 Å². The molecular formula is C35H43F2N5O6. The van der Waals surface area contributed by atoms with E-state index in [9.17, 15) is 19.6 Å². The van der Waals surface area contributed by atoms with E-state index in [2.05, 4.69) is 15.3 Å². The van der Waals surface area contributed by atoms with E-state index in [1.54, 1.807) is 48.5 Å². The number of alkyl carbamates (subject to hydrolysis) is 1. The monoisotopic (exact) mass is 667 g/mol. The molecule has 3 aliphatic rings.